The Labute approximate surface area is 206 Å². The minimum Gasteiger partial charge on any atom is -0.491 e. The van der Waals surface area contributed by atoms with Crippen molar-refractivity contribution in [1.29, 1.82) is 0 Å². The smallest absolute Gasteiger partial charge is 0.119 e. The van der Waals surface area contributed by atoms with E-state index in [0.29, 0.717) is 26.4 Å². The molecule has 192 valence electrons. The van der Waals surface area contributed by atoms with Crippen molar-refractivity contribution in [2.24, 2.45) is 0 Å². The van der Waals surface area contributed by atoms with Crippen molar-refractivity contribution < 1.29 is 14.2 Å². The number of benzene rings is 1. The number of unbranched alkanes of at least 4 members (excludes halogenated alkanes) is 14. The van der Waals surface area contributed by atoms with Crippen molar-refractivity contribution in [3.8, 4) is 5.75 Å². The van der Waals surface area contributed by atoms with Gasteiger partial charge >= 0.3 is 0 Å². The molecule has 3 heteroatoms. The first-order valence-corrected chi connectivity index (χ1v) is 14.2. The molecule has 0 saturated heterocycles. The largest absolute Gasteiger partial charge is 0.491 e. The van der Waals surface area contributed by atoms with E-state index in [1.54, 1.807) is 0 Å². The van der Waals surface area contributed by atoms with Crippen LogP contribution in [-0.2, 0) is 15.9 Å². The molecule has 0 unspecified atom stereocenters. The second-order valence-corrected chi connectivity index (χ2v) is 9.42. The van der Waals surface area contributed by atoms with Crippen molar-refractivity contribution >= 4 is 0 Å². The Balaban J connectivity index is 1.82. The van der Waals surface area contributed by atoms with E-state index in [-0.39, 0.29) is 0 Å². The van der Waals surface area contributed by atoms with E-state index in [2.05, 4.69) is 38.1 Å². The SMILES string of the molecule is CCCCCCCCCCCCOCCOCCOc1ccc(CCCCCCCC)cc1. The van der Waals surface area contributed by atoms with E-state index in [9.17, 15) is 0 Å². The molecular formula is C30H54O3. The Morgan fingerprint density at radius 2 is 0.909 bits per heavy atom. The van der Waals surface area contributed by atoms with Crippen LogP contribution in [0.15, 0.2) is 24.3 Å². The Morgan fingerprint density at radius 3 is 1.48 bits per heavy atom. The summed E-state index contributed by atoms with van der Waals surface area (Å²) in [6.07, 6.45) is 22.9. The molecule has 0 spiro atoms. The lowest BCUT2D eigenvalue weighted by molar-refractivity contribution is 0.0352. The first-order valence-electron chi connectivity index (χ1n) is 14.2. The maximum Gasteiger partial charge on any atom is 0.119 e. The molecule has 0 aliphatic rings. The van der Waals surface area contributed by atoms with Crippen LogP contribution in [0.25, 0.3) is 0 Å². The van der Waals surface area contributed by atoms with Gasteiger partial charge in [-0.3, -0.25) is 0 Å². The molecule has 0 aromatic heterocycles. The third kappa shape index (κ3) is 20.1. The van der Waals surface area contributed by atoms with Gasteiger partial charge in [0.25, 0.3) is 0 Å². The molecule has 33 heavy (non-hydrogen) atoms. The monoisotopic (exact) mass is 462 g/mol. The Morgan fingerprint density at radius 1 is 0.455 bits per heavy atom. The molecule has 0 saturated carbocycles. The summed E-state index contributed by atoms with van der Waals surface area (Å²) in [5.41, 5.74) is 1.41. The zero-order valence-electron chi connectivity index (χ0n) is 22.1. The van der Waals surface area contributed by atoms with E-state index in [0.717, 1.165) is 12.4 Å². The molecule has 0 fully saturated rings. The quantitative estimate of drug-likeness (QED) is 0.136. The maximum absolute atomic E-state index is 5.78. The van der Waals surface area contributed by atoms with Gasteiger partial charge in [0.15, 0.2) is 0 Å². The molecule has 0 aliphatic heterocycles. The molecule has 0 heterocycles. The van der Waals surface area contributed by atoms with Gasteiger partial charge in [-0.05, 0) is 37.0 Å². The average molecular weight is 463 g/mol. The van der Waals surface area contributed by atoms with E-state index in [4.69, 9.17) is 14.2 Å². The number of aryl methyl sites for hydroxylation is 1. The van der Waals surface area contributed by atoms with Gasteiger partial charge < -0.3 is 14.2 Å². The molecule has 0 amide bonds. The molecule has 0 radical (unpaired) electrons. The predicted octanol–water partition coefficient (Wildman–Crippen LogP) is 8.92. The number of hydrogen-bond donors (Lipinski definition) is 0. The van der Waals surface area contributed by atoms with E-state index in [1.807, 2.05) is 0 Å². The summed E-state index contributed by atoms with van der Waals surface area (Å²) in [6, 6.07) is 8.57. The van der Waals surface area contributed by atoms with Crippen molar-refractivity contribution in [2.75, 3.05) is 33.0 Å². The Kier molecular flexibility index (Phi) is 21.9. The van der Waals surface area contributed by atoms with Gasteiger partial charge in [0, 0.05) is 6.61 Å². The normalized spacial score (nSPS) is 11.2. The van der Waals surface area contributed by atoms with Crippen molar-refractivity contribution in [1.82, 2.24) is 0 Å². The summed E-state index contributed by atoms with van der Waals surface area (Å²) in [4.78, 5) is 0. The molecule has 0 aliphatic carbocycles. The third-order valence-corrected chi connectivity index (χ3v) is 6.25. The fraction of sp³-hybridized carbons (Fsp3) is 0.800. The highest BCUT2D eigenvalue weighted by Crippen LogP contribution is 2.15. The highest BCUT2D eigenvalue weighted by atomic mass is 16.5. The molecule has 3 nitrogen and oxygen atoms in total. The predicted molar refractivity (Wildman–Crippen MR) is 142 cm³/mol. The Bertz CT molecular complexity index is 500. The van der Waals surface area contributed by atoms with Gasteiger partial charge in [-0.1, -0.05) is 116 Å². The second-order valence-electron chi connectivity index (χ2n) is 9.42. The zero-order chi connectivity index (χ0) is 23.7. The molecule has 1 aromatic carbocycles. The fourth-order valence-electron chi connectivity index (χ4n) is 4.09. The van der Waals surface area contributed by atoms with Crippen LogP contribution in [0.1, 0.15) is 122 Å². The van der Waals surface area contributed by atoms with E-state index >= 15 is 0 Å². The number of ether oxygens (including phenoxy) is 3. The molecule has 0 N–H and O–H groups in total. The minimum absolute atomic E-state index is 0.592. The van der Waals surface area contributed by atoms with Crippen LogP contribution in [0.5, 0.6) is 5.75 Å². The highest BCUT2D eigenvalue weighted by Gasteiger charge is 1.98. The van der Waals surface area contributed by atoms with Gasteiger partial charge in [0.2, 0.25) is 0 Å². The molecule has 1 rings (SSSR count). The number of hydrogen-bond acceptors (Lipinski definition) is 3. The molecular weight excluding hydrogens is 408 g/mol. The summed E-state index contributed by atoms with van der Waals surface area (Å²) in [6.45, 7) is 7.95. The lowest BCUT2D eigenvalue weighted by atomic mass is 10.0. The summed E-state index contributed by atoms with van der Waals surface area (Å²) in [5, 5.41) is 0. The van der Waals surface area contributed by atoms with Crippen LogP contribution in [0.2, 0.25) is 0 Å². The molecule has 0 atom stereocenters. The van der Waals surface area contributed by atoms with Crippen molar-refractivity contribution in [2.45, 2.75) is 123 Å². The van der Waals surface area contributed by atoms with Gasteiger partial charge in [0.1, 0.15) is 12.4 Å². The van der Waals surface area contributed by atoms with Crippen LogP contribution in [0.3, 0.4) is 0 Å². The maximum atomic E-state index is 5.78. The summed E-state index contributed by atoms with van der Waals surface area (Å²) in [7, 11) is 0. The Hall–Kier alpha value is -1.06. The molecule has 0 bridgehead atoms. The van der Waals surface area contributed by atoms with Crippen LogP contribution in [0, 0.1) is 0 Å². The third-order valence-electron chi connectivity index (χ3n) is 6.25. The van der Waals surface area contributed by atoms with Crippen LogP contribution >= 0.6 is 0 Å². The summed E-state index contributed by atoms with van der Waals surface area (Å²) >= 11 is 0. The van der Waals surface area contributed by atoms with Gasteiger partial charge in [0.05, 0.1) is 19.8 Å². The molecule has 1 aromatic rings. The fourth-order valence-corrected chi connectivity index (χ4v) is 4.09. The van der Waals surface area contributed by atoms with Crippen molar-refractivity contribution in [3.05, 3.63) is 29.8 Å². The average Bonchev–Trinajstić information content (AvgIpc) is 2.84. The first kappa shape index (κ1) is 30.0. The summed E-state index contributed by atoms with van der Waals surface area (Å²) < 4.78 is 17.1. The first-order chi connectivity index (χ1) is 16.4. The van der Waals surface area contributed by atoms with E-state index < -0.39 is 0 Å². The second kappa shape index (κ2) is 24.1. The van der Waals surface area contributed by atoms with Crippen LogP contribution in [-0.4, -0.2) is 33.0 Å². The summed E-state index contributed by atoms with van der Waals surface area (Å²) in [5.74, 6) is 0.933. The van der Waals surface area contributed by atoms with Crippen LogP contribution in [0.4, 0.5) is 0 Å². The number of rotatable bonds is 25. The van der Waals surface area contributed by atoms with Gasteiger partial charge in [-0.15, -0.1) is 0 Å². The minimum atomic E-state index is 0.592. The van der Waals surface area contributed by atoms with Gasteiger partial charge in [-0.2, -0.15) is 0 Å². The van der Waals surface area contributed by atoms with Gasteiger partial charge in [-0.25, -0.2) is 0 Å². The lowest BCUT2D eigenvalue weighted by Crippen LogP contribution is -2.11. The van der Waals surface area contributed by atoms with Crippen molar-refractivity contribution in [3.63, 3.8) is 0 Å². The topological polar surface area (TPSA) is 27.7 Å². The lowest BCUT2D eigenvalue weighted by Gasteiger charge is -2.09. The van der Waals surface area contributed by atoms with E-state index in [1.165, 1.54) is 115 Å². The van der Waals surface area contributed by atoms with Crippen LogP contribution < -0.4 is 4.74 Å². The highest BCUT2D eigenvalue weighted by molar-refractivity contribution is 5.27. The standard InChI is InChI=1S/C30H54O3/c1-3-5-7-9-11-12-13-14-16-18-24-31-25-26-32-27-28-33-30-22-20-29(21-23-30)19-17-15-10-8-6-4-2/h20-23H,3-19,24-28H2,1-2H3. The zero-order valence-corrected chi connectivity index (χ0v) is 22.1.